The molecule has 8 heteroatoms. The first-order valence-electron chi connectivity index (χ1n) is 9.03. The molecule has 0 atom stereocenters. The molecule has 29 heavy (non-hydrogen) atoms. The van der Waals surface area contributed by atoms with Crippen LogP contribution in [0.25, 0.3) is 10.9 Å². The van der Waals surface area contributed by atoms with Crippen LogP contribution in [0.5, 0.6) is 0 Å². The third-order valence-electron chi connectivity index (χ3n) is 4.93. The Morgan fingerprint density at radius 1 is 1.21 bits per heavy atom. The average molecular weight is 414 g/mol. The maximum absolute atomic E-state index is 14.6. The summed E-state index contributed by atoms with van der Waals surface area (Å²) in [7, 11) is -3.85. The largest absolute Gasteiger partial charge is 0.386 e. The van der Waals surface area contributed by atoms with Crippen LogP contribution in [0.3, 0.4) is 0 Å². The number of carbonyl (C=O) groups is 1. The number of amides is 1. The number of pyridine rings is 1. The Bertz CT molecular complexity index is 1210. The highest BCUT2D eigenvalue weighted by Gasteiger charge is 2.39. The molecule has 1 amide bonds. The van der Waals surface area contributed by atoms with Crippen LogP contribution in [0.4, 0.5) is 4.39 Å². The van der Waals surface area contributed by atoms with Gasteiger partial charge in [-0.05, 0) is 31.2 Å². The molecule has 2 heterocycles. The molecule has 1 N–H and O–H groups in total. The minimum Gasteiger partial charge on any atom is -0.386 e. The van der Waals surface area contributed by atoms with Gasteiger partial charge in [0.05, 0.1) is 34.9 Å². The number of hydrogen-bond donors (Lipinski definition) is 1. The van der Waals surface area contributed by atoms with Crippen molar-refractivity contribution in [3.05, 3.63) is 71.7 Å². The van der Waals surface area contributed by atoms with Gasteiger partial charge in [-0.15, -0.1) is 0 Å². The smallest absolute Gasteiger partial charge is 0.254 e. The highest BCUT2D eigenvalue weighted by Crippen LogP contribution is 2.26. The predicted molar refractivity (Wildman–Crippen MR) is 106 cm³/mol. The number of halogens is 1. The number of rotatable bonds is 4. The molecule has 3 aromatic rings. The first-order valence-corrected chi connectivity index (χ1v) is 10.7. The first-order chi connectivity index (χ1) is 13.7. The van der Waals surface area contributed by atoms with Crippen LogP contribution in [0.15, 0.2) is 59.6 Å². The molecule has 0 bridgehead atoms. The Labute approximate surface area is 167 Å². The van der Waals surface area contributed by atoms with Gasteiger partial charge in [-0.2, -0.15) is 0 Å². The fraction of sp³-hybridized carbons (Fsp3) is 0.238. The molecule has 1 aromatic heterocycles. The van der Waals surface area contributed by atoms with Gasteiger partial charge in [0.25, 0.3) is 5.91 Å². The Kier molecular flexibility index (Phi) is 4.63. The zero-order chi connectivity index (χ0) is 20.8. The molecule has 1 aliphatic rings. The van der Waals surface area contributed by atoms with Crippen LogP contribution >= 0.6 is 0 Å². The summed E-state index contributed by atoms with van der Waals surface area (Å²) in [6, 6.07) is 12.1. The average Bonchev–Trinajstić information content (AvgIpc) is 2.66. The van der Waals surface area contributed by atoms with Gasteiger partial charge >= 0.3 is 0 Å². The molecule has 1 aliphatic heterocycles. The van der Waals surface area contributed by atoms with E-state index >= 15 is 0 Å². The summed E-state index contributed by atoms with van der Waals surface area (Å²) >= 11 is 0. The second-order valence-corrected chi connectivity index (χ2v) is 9.51. The predicted octanol–water partition coefficient (Wildman–Crippen LogP) is 2.55. The lowest BCUT2D eigenvalue weighted by molar-refractivity contribution is -0.0668. The van der Waals surface area contributed by atoms with Crippen LogP contribution in [0, 0.1) is 5.82 Å². The lowest BCUT2D eigenvalue weighted by Gasteiger charge is -2.44. The second-order valence-electron chi connectivity index (χ2n) is 7.55. The summed E-state index contributed by atoms with van der Waals surface area (Å²) in [6.07, 6.45) is 1.51. The van der Waals surface area contributed by atoms with Gasteiger partial charge in [-0.3, -0.25) is 9.78 Å². The van der Waals surface area contributed by atoms with E-state index in [0.29, 0.717) is 10.9 Å². The number of nitrogens with zero attached hydrogens (tertiary/aromatic N) is 2. The van der Waals surface area contributed by atoms with E-state index in [1.165, 1.54) is 29.3 Å². The van der Waals surface area contributed by atoms with Crippen molar-refractivity contribution in [3.63, 3.8) is 0 Å². The Hall–Kier alpha value is -2.84. The number of carbonyl (C=O) groups excluding carboxylic acids is 1. The van der Waals surface area contributed by atoms with E-state index in [4.69, 9.17) is 0 Å². The SMILES string of the molecule is CC1(O)CN(C(=O)c2ccc(CS(=O)(=O)c3cccc4cccnc34)c(F)c2)C1. The van der Waals surface area contributed by atoms with E-state index in [2.05, 4.69) is 4.98 Å². The minimum atomic E-state index is -3.85. The number of β-amino-alcohol motifs (C(OH)–C–C–N with tert-alkyl or cyclic N) is 1. The van der Waals surface area contributed by atoms with E-state index in [9.17, 15) is 22.7 Å². The van der Waals surface area contributed by atoms with Gasteiger partial charge in [0.15, 0.2) is 9.84 Å². The molecular weight excluding hydrogens is 395 g/mol. The van der Waals surface area contributed by atoms with Gasteiger partial charge in [0.1, 0.15) is 5.82 Å². The maximum atomic E-state index is 14.6. The molecule has 1 saturated heterocycles. The zero-order valence-corrected chi connectivity index (χ0v) is 16.5. The number of likely N-dealkylation sites (tertiary alicyclic amines) is 1. The highest BCUT2D eigenvalue weighted by atomic mass is 32.2. The molecule has 2 aromatic carbocycles. The van der Waals surface area contributed by atoms with E-state index in [0.717, 1.165) is 6.07 Å². The molecule has 0 spiro atoms. The number of benzene rings is 2. The van der Waals surface area contributed by atoms with Crippen LogP contribution in [-0.2, 0) is 15.6 Å². The third kappa shape index (κ3) is 3.73. The lowest BCUT2D eigenvalue weighted by atomic mass is 9.96. The number of aromatic nitrogens is 1. The van der Waals surface area contributed by atoms with Crippen LogP contribution in [-0.4, -0.2) is 48.0 Å². The van der Waals surface area contributed by atoms with Crippen LogP contribution < -0.4 is 0 Å². The van der Waals surface area contributed by atoms with Crippen molar-refractivity contribution >= 4 is 26.6 Å². The number of hydrogen-bond acceptors (Lipinski definition) is 5. The summed E-state index contributed by atoms with van der Waals surface area (Å²) in [5.74, 6) is -1.70. The number of sulfone groups is 1. The van der Waals surface area contributed by atoms with Crippen molar-refractivity contribution in [1.82, 2.24) is 9.88 Å². The van der Waals surface area contributed by atoms with Crippen LogP contribution in [0.2, 0.25) is 0 Å². The summed E-state index contributed by atoms with van der Waals surface area (Å²) in [4.78, 5) is 18.0. The fourth-order valence-corrected chi connectivity index (χ4v) is 5.06. The normalized spacial score (nSPS) is 15.9. The quantitative estimate of drug-likeness (QED) is 0.709. The van der Waals surface area contributed by atoms with E-state index in [-0.39, 0.29) is 29.1 Å². The van der Waals surface area contributed by atoms with Crippen molar-refractivity contribution in [1.29, 1.82) is 0 Å². The molecule has 1 fully saturated rings. The van der Waals surface area contributed by atoms with Gasteiger partial charge in [-0.1, -0.05) is 24.3 Å². The van der Waals surface area contributed by atoms with Gasteiger partial charge < -0.3 is 10.0 Å². The van der Waals surface area contributed by atoms with E-state index in [1.54, 1.807) is 31.2 Å². The Morgan fingerprint density at radius 3 is 2.62 bits per heavy atom. The summed E-state index contributed by atoms with van der Waals surface area (Å²) in [5, 5.41) is 10.4. The Balaban J connectivity index is 1.60. The monoisotopic (exact) mass is 414 g/mol. The number of para-hydroxylation sites is 1. The summed E-state index contributed by atoms with van der Waals surface area (Å²) in [6.45, 7) is 1.97. The topological polar surface area (TPSA) is 87.6 Å². The van der Waals surface area contributed by atoms with Crippen molar-refractivity contribution < 1.29 is 22.7 Å². The first kappa shape index (κ1) is 19.5. The molecule has 0 saturated carbocycles. The van der Waals surface area contributed by atoms with Crippen molar-refractivity contribution in [2.75, 3.05) is 13.1 Å². The van der Waals surface area contributed by atoms with Gasteiger partial charge in [0.2, 0.25) is 0 Å². The zero-order valence-electron chi connectivity index (χ0n) is 15.7. The molecule has 6 nitrogen and oxygen atoms in total. The second kappa shape index (κ2) is 6.89. The molecule has 0 unspecified atom stereocenters. The Morgan fingerprint density at radius 2 is 1.93 bits per heavy atom. The van der Waals surface area contributed by atoms with Crippen molar-refractivity contribution in [3.8, 4) is 0 Å². The number of fused-ring (bicyclic) bond motifs is 1. The summed E-state index contributed by atoms with van der Waals surface area (Å²) in [5.41, 5.74) is -0.488. The minimum absolute atomic E-state index is 0.0231. The van der Waals surface area contributed by atoms with E-state index in [1.807, 2.05) is 0 Å². The van der Waals surface area contributed by atoms with E-state index < -0.39 is 32.9 Å². The van der Waals surface area contributed by atoms with Crippen molar-refractivity contribution in [2.45, 2.75) is 23.2 Å². The summed E-state index contributed by atoms with van der Waals surface area (Å²) < 4.78 is 40.4. The fourth-order valence-electron chi connectivity index (χ4n) is 3.51. The third-order valence-corrected chi connectivity index (χ3v) is 6.62. The standard InChI is InChI=1S/C21H19FN2O4S/c1-21(26)12-24(13-21)20(25)15-7-8-16(17(22)10-15)11-29(27,28)18-6-2-4-14-5-3-9-23-19(14)18/h2-10,26H,11-13H2,1H3. The molecule has 0 aliphatic carbocycles. The highest BCUT2D eigenvalue weighted by molar-refractivity contribution is 7.90. The molecule has 150 valence electrons. The maximum Gasteiger partial charge on any atom is 0.254 e. The molecule has 4 rings (SSSR count). The molecular formula is C21H19FN2O4S. The number of aliphatic hydroxyl groups is 1. The van der Waals surface area contributed by atoms with Crippen molar-refractivity contribution in [2.24, 2.45) is 0 Å². The van der Waals surface area contributed by atoms with Gasteiger partial charge in [-0.25, -0.2) is 12.8 Å². The molecule has 0 radical (unpaired) electrons. The lowest BCUT2D eigenvalue weighted by Crippen LogP contribution is -2.61. The van der Waals surface area contributed by atoms with Gasteiger partial charge in [0, 0.05) is 22.7 Å². The van der Waals surface area contributed by atoms with Crippen LogP contribution in [0.1, 0.15) is 22.8 Å².